The van der Waals surface area contributed by atoms with Crippen LogP contribution in [0.1, 0.15) is 26.2 Å². The molecule has 33 heavy (non-hydrogen) atoms. The number of phenolic OH excluding ortho intramolecular Hbond substituents is 1. The number of hydrogen-bond acceptors (Lipinski definition) is 6. The van der Waals surface area contributed by atoms with Gasteiger partial charge in [0.25, 0.3) is 0 Å². The molecule has 0 spiro atoms. The van der Waals surface area contributed by atoms with Gasteiger partial charge in [-0.25, -0.2) is 4.39 Å². The normalized spacial score (nSPS) is 13.4. The van der Waals surface area contributed by atoms with Crippen LogP contribution in [0.15, 0.2) is 18.2 Å². The van der Waals surface area contributed by atoms with Crippen molar-refractivity contribution in [2.75, 3.05) is 6.61 Å². The maximum Gasteiger partial charge on any atom is 0.411 e. The van der Waals surface area contributed by atoms with Crippen molar-refractivity contribution in [1.82, 2.24) is 0 Å². The summed E-state index contributed by atoms with van der Waals surface area (Å²) in [5.74, 6) is -0.638. The zero-order valence-electron chi connectivity index (χ0n) is 21.8. The smallest absolute Gasteiger partial charge is 0.411 e. The minimum Gasteiger partial charge on any atom is -0.505 e. The van der Waals surface area contributed by atoms with Crippen molar-refractivity contribution in [3.05, 3.63) is 24.0 Å². The van der Waals surface area contributed by atoms with Crippen molar-refractivity contribution in [3.8, 4) is 11.5 Å². The standard InChI is InChI=1S/C21H43FO6Si5/c1-10-11-16-30(2,3)25-29-26-32(6,7)28-33(8,9)27-31(4,5)17-12-15-24-19-13-14-21(23)20(22)18-19/h13-14,18,23H,10-12,15-17H2,1-9H3. The van der Waals surface area contributed by atoms with E-state index in [9.17, 15) is 9.50 Å². The zero-order chi connectivity index (χ0) is 25.3. The number of unbranched alkanes of at least 4 members (excludes halogenated alkanes) is 1. The molecule has 2 radical (unpaired) electrons. The van der Waals surface area contributed by atoms with E-state index in [-0.39, 0.29) is 15.8 Å². The van der Waals surface area contributed by atoms with Crippen LogP contribution in [0.5, 0.6) is 11.5 Å². The molecule has 0 heterocycles. The predicted molar refractivity (Wildman–Crippen MR) is 143 cm³/mol. The Balaban J connectivity index is 2.45. The van der Waals surface area contributed by atoms with Gasteiger partial charge in [-0.1, -0.05) is 19.8 Å². The number of phenols is 1. The third kappa shape index (κ3) is 13.4. The van der Waals surface area contributed by atoms with Crippen molar-refractivity contribution < 1.29 is 30.7 Å². The Morgan fingerprint density at radius 3 is 2.09 bits per heavy atom. The summed E-state index contributed by atoms with van der Waals surface area (Å²) in [6, 6.07) is 6.11. The van der Waals surface area contributed by atoms with Gasteiger partial charge in [0.2, 0.25) is 0 Å². The van der Waals surface area contributed by atoms with Gasteiger partial charge in [-0.05, 0) is 83.0 Å². The van der Waals surface area contributed by atoms with Crippen LogP contribution < -0.4 is 4.74 Å². The molecule has 0 atom stereocenters. The maximum atomic E-state index is 13.4. The van der Waals surface area contributed by atoms with Gasteiger partial charge in [0.05, 0.1) is 6.61 Å². The minimum atomic E-state index is -2.39. The molecule has 1 rings (SSSR count). The second-order valence-corrected chi connectivity index (χ2v) is 27.6. The lowest BCUT2D eigenvalue weighted by Crippen LogP contribution is -2.54. The average molecular weight is 551 g/mol. The van der Waals surface area contributed by atoms with Crippen LogP contribution in [-0.4, -0.2) is 55.5 Å². The van der Waals surface area contributed by atoms with Crippen LogP contribution in [-0.2, 0) is 16.5 Å². The first-order valence-electron chi connectivity index (χ1n) is 11.7. The summed E-state index contributed by atoms with van der Waals surface area (Å²) < 4.78 is 44.3. The number of hydrogen-bond donors (Lipinski definition) is 1. The molecule has 0 saturated carbocycles. The molecule has 1 N–H and O–H groups in total. The molecule has 1 aromatic carbocycles. The third-order valence-electron chi connectivity index (χ3n) is 4.86. The lowest BCUT2D eigenvalue weighted by Gasteiger charge is -2.38. The molecule has 0 amide bonds. The zero-order valence-corrected chi connectivity index (χ0v) is 26.8. The van der Waals surface area contributed by atoms with Crippen molar-refractivity contribution in [2.45, 2.75) is 90.7 Å². The molecule has 0 aliphatic carbocycles. The molecule has 0 bridgehead atoms. The second kappa shape index (κ2) is 13.1. The van der Waals surface area contributed by atoms with E-state index in [4.69, 9.17) is 21.2 Å². The fourth-order valence-corrected chi connectivity index (χ4v) is 19.9. The predicted octanol–water partition coefficient (Wildman–Crippen LogP) is 6.51. The first-order chi connectivity index (χ1) is 15.1. The molecule has 0 fully saturated rings. The van der Waals surface area contributed by atoms with Gasteiger partial charge in [-0.15, -0.1) is 0 Å². The van der Waals surface area contributed by atoms with Gasteiger partial charge in [0.15, 0.2) is 28.2 Å². The summed E-state index contributed by atoms with van der Waals surface area (Å²) in [6.45, 7) is 19.8. The quantitative estimate of drug-likeness (QED) is 0.187. The molecule has 0 aliphatic rings. The minimum absolute atomic E-state index is 0.0223. The first-order valence-corrected chi connectivity index (χ1v) is 24.4. The van der Waals surface area contributed by atoms with Crippen LogP contribution in [0, 0.1) is 5.82 Å². The summed E-state index contributed by atoms with van der Waals surface area (Å²) in [6.07, 6.45) is 3.19. The van der Waals surface area contributed by atoms with Crippen LogP contribution in [0.3, 0.4) is 0 Å². The van der Waals surface area contributed by atoms with Crippen LogP contribution in [0.4, 0.5) is 4.39 Å². The van der Waals surface area contributed by atoms with Gasteiger partial charge in [-0.2, -0.15) is 0 Å². The van der Waals surface area contributed by atoms with E-state index in [1.807, 2.05) is 0 Å². The molecule has 1 aromatic rings. The molecular weight excluding hydrogens is 508 g/mol. The fourth-order valence-electron chi connectivity index (χ4n) is 3.50. The van der Waals surface area contributed by atoms with Crippen LogP contribution in [0.2, 0.25) is 64.5 Å². The SMILES string of the molecule is CCCC[Si](C)(C)O[Si]O[Si](C)(C)O[Si](C)(C)O[Si](C)(C)CCCOc1ccc(O)c(F)c1. The Bertz CT molecular complexity index is 733. The Morgan fingerprint density at radius 2 is 1.48 bits per heavy atom. The van der Waals surface area contributed by atoms with Crippen molar-refractivity contribution in [2.24, 2.45) is 0 Å². The summed E-state index contributed by atoms with van der Waals surface area (Å²) in [5.41, 5.74) is 0. The highest BCUT2D eigenvalue weighted by molar-refractivity contribution is 6.87. The lowest BCUT2D eigenvalue weighted by molar-refractivity contribution is 0.304. The van der Waals surface area contributed by atoms with E-state index in [1.165, 1.54) is 25.0 Å². The Kier molecular flexibility index (Phi) is 12.2. The topological polar surface area (TPSA) is 66.4 Å². The lowest BCUT2D eigenvalue weighted by atomic mass is 10.3. The highest BCUT2D eigenvalue weighted by Crippen LogP contribution is 2.25. The van der Waals surface area contributed by atoms with Crippen molar-refractivity contribution >= 4 is 43.8 Å². The largest absolute Gasteiger partial charge is 0.505 e. The maximum absolute atomic E-state index is 13.4. The van der Waals surface area contributed by atoms with E-state index < -0.39 is 39.6 Å². The summed E-state index contributed by atoms with van der Waals surface area (Å²) in [4.78, 5) is 0. The first kappa shape index (κ1) is 30.7. The molecule has 0 aliphatic heterocycles. The highest BCUT2D eigenvalue weighted by Gasteiger charge is 2.41. The Hall–Kier alpha value is -0.326. The van der Waals surface area contributed by atoms with E-state index >= 15 is 0 Å². The third-order valence-corrected chi connectivity index (χ3v) is 20.9. The van der Waals surface area contributed by atoms with Gasteiger partial charge in [0, 0.05) is 6.07 Å². The van der Waals surface area contributed by atoms with Crippen molar-refractivity contribution in [1.29, 1.82) is 0 Å². The number of ether oxygens (including phenoxy) is 1. The molecule has 0 saturated heterocycles. The number of aromatic hydroxyl groups is 1. The number of halogens is 1. The number of rotatable bonds is 16. The summed E-state index contributed by atoms with van der Waals surface area (Å²) >= 11 is 0. The van der Waals surface area contributed by atoms with E-state index in [0.29, 0.717) is 12.4 Å². The Labute approximate surface area is 207 Å². The van der Waals surface area contributed by atoms with Gasteiger partial charge in [0.1, 0.15) is 5.75 Å². The highest BCUT2D eigenvalue weighted by atomic mass is 28.5. The van der Waals surface area contributed by atoms with Gasteiger partial charge < -0.3 is 26.3 Å². The summed E-state index contributed by atoms with van der Waals surface area (Å²) in [7, 11) is -8.40. The van der Waals surface area contributed by atoms with Crippen LogP contribution in [0.25, 0.3) is 0 Å². The fraction of sp³-hybridized carbons (Fsp3) is 0.714. The van der Waals surface area contributed by atoms with E-state index in [1.54, 1.807) is 6.07 Å². The molecule has 0 aromatic heterocycles. The molecule has 6 nitrogen and oxygen atoms in total. The molecule has 0 unspecified atom stereocenters. The summed E-state index contributed by atoms with van der Waals surface area (Å²) in [5, 5.41) is 9.26. The van der Waals surface area contributed by atoms with Gasteiger partial charge in [-0.3, -0.25) is 0 Å². The van der Waals surface area contributed by atoms with E-state index in [0.717, 1.165) is 18.5 Å². The van der Waals surface area contributed by atoms with Crippen LogP contribution >= 0.6 is 0 Å². The Morgan fingerprint density at radius 1 is 0.848 bits per heavy atom. The van der Waals surface area contributed by atoms with Crippen molar-refractivity contribution in [3.63, 3.8) is 0 Å². The molecule has 190 valence electrons. The second-order valence-electron chi connectivity index (χ2n) is 10.5. The monoisotopic (exact) mass is 550 g/mol. The average Bonchev–Trinajstić information content (AvgIpc) is 2.64. The van der Waals surface area contributed by atoms with Gasteiger partial charge >= 0.3 is 27.1 Å². The number of benzene rings is 1. The molecular formula is C21H43FO6Si5. The molecule has 12 heteroatoms. The van der Waals surface area contributed by atoms with E-state index in [2.05, 4.69) is 59.3 Å².